The molecule has 0 bridgehead atoms. The van der Waals surface area contributed by atoms with Crippen molar-refractivity contribution in [3.63, 3.8) is 0 Å². The first-order chi connectivity index (χ1) is 14.5. The Morgan fingerprint density at radius 2 is 1.90 bits per heavy atom. The zero-order chi connectivity index (χ0) is 21.7. The first-order valence-corrected chi connectivity index (χ1v) is 9.29. The van der Waals surface area contributed by atoms with Gasteiger partial charge >= 0.3 is 11.7 Å². The van der Waals surface area contributed by atoms with Gasteiger partial charge in [-0.3, -0.25) is 4.79 Å². The van der Waals surface area contributed by atoms with E-state index in [1.165, 1.54) is 11.0 Å². The van der Waals surface area contributed by atoms with Gasteiger partial charge in [0.2, 0.25) is 6.79 Å². The van der Waals surface area contributed by atoms with Gasteiger partial charge in [0.25, 0.3) is 5.91 Å². The summed E-state index contributed by atoms with van der Waals surface area (Å²) in [6.45, 7) is 5.98. The summed E-state index contributed by atoms with van der Waals surface area (Å²) in [7, 11) is 1.64. The molecule has 0 unspecified atom stereocenters. The third kappa shape index (κ3) is 4.09. The predicted octanol–water partition coefficient (Wildman–Crippen LogP) is 2.91. The van der Waals surface area contributed by atoms with Crippen molar-refractivity contribution >= 4 is 23.7 Å². The van der Waals surface area contributed by atoms with Crippen molar-refractivity contribution in [2.75, 3.05) is 20.4 Å². The maximum atomic E-state index is 13.2. The van der Waals surface area contributed by atoms with Crippen LogP contribution in [0, 0.1) is 0 Å². The van der Waals surface area contributed by atoms with Crippen LogP contribution in [0.4, 0.5) is 0 Å². The number of ether oxygens (including phenoxy) is 3. The number of hydrogen-bond acceptors (Lipinski definition) is 5. The summed E-state index contributed by atoms with van der Waals surface area (Å²) >= 11 is 0. The van der Waals surface area contributed by atoms with Gasteiger partial charge in [0.05, 0.1) is 17.7 Å². The zero-order valence-electron chi connectivity index (χ0n) is 16.8. The van der Waals surface area contributed by atoms with Gasteiger partial charge in [0.15, 0.2) is 11.5 Å². The average Bonchev–Trinajstić information content (AvgIpc) is 3.21. The first-order valence-electron chi connectivity index (χ1n) is 9.29. The highest BCUT2D eigenvalue weighted by atomic mass is 16.7. The van der Waals surface area contributed by atoms with Gasteiger partial charge in [0, 0.05) is 13.6 Å². The SMILES string of the molecule is C=Cc1cc2c(cc1CN(C)C(=O)c1ccccc1C(=[N+]=[N-])C(=O)OCC)OCO2. The van der Waals surface area contributed by atoms with Gasteiger partial charge in [-0.05, 0) is 42.3 Å². The second kappa shape index (κ2) is 9.07. The van der Waals surface area contributed by atoms with Gasteiger partial charge in [-0.25, -0.2) is 4.79 Å². The Kier molecular flexibility index (Phi) is 6.29. The predicted molar refractivity (Wildman–Crippen MR) is 109 cm³/mol. The number of carbonyl (C=O) groups excluding carboxylic acids is 2. The Balaban J connectivity index is 1.90. The van der Waals surface area contributed by atoms with E-state index in [1.807, 2.05) is 12.1 Å². The number of fused-ring (bicyclic) bond motifs is 1. The number of benzene rings is 2. The number of nitrogens with zero attached hydrogens (tertiary/aromatic N) is 3. The lowest BCUT2D eigenvalue weighted by molar-refractivity contribution is -0.139. The summed E-state index contributed by atoms with van der Waals surface area (Å²) in [5.74, 6) is 0.0661. The van der Waals surface area contributed by atoms with Gasteiger partial charge in [0.1, 0.15) is 0 Å². The van der Waals surface area contributed by atoms with Gasteiger partial charge in [-0.15, -0.1) is 0 Å². The minimum absolute atomic E-state index is 0.113. The Hall–Kier alpha value is -3.90. The topological polar surface area (TPSA) is 101 Å². The molecule has 0 radical (unpaired) electrons. The summed E-state index contributed by atoms with van der Waals surface area (Å²) in [4.78, 5) is 29.8. The molecule has 1 aliphatic rings. The highest BCUT2D eigenvalue weighted by Gasteiger charge is 2.30. The molecule has 0 fully saturated rings. The van der Waals surface area contributed by atoms with Crippen LogP contribution in [0.3, 0.4) is 0 Å². The molecule has 0 N–H and O–H groups in total. The molecule has 8 heteroatoms. The van der Waals surface area contributed by atoms with Crippen LogP contribution in [0.25, 0.3) is 11.6 Å². The van der Waals surface area contributed by atoms with E-state index in [2.05, 4.69) is 11.4 Å². The molecule has 0 saturated carbocycles. The fourth-order valence-electron chi connectivity index (χ4n) is 3.14. The van der Waals surface area contributed by atoms with Crippen molar-refractivity contribution in [3.05, 3.63) is 70.8 Å². The molecule has 3 rings (SSSR count). The van der Waals surface area contributed by atoms with E-state index in [0.717, 1.165) is 11.1 Å². The van der Waals surface area contributed by atoms with Crippen LogP contribution in [0.2, 0.25) is 0 Å². The molecule has 1 aliphatic heterocycles. The highest BCUT2D eigenvalue weighted by molar-refractivity contribution is 6.42. The van der Waals surface area contributed by atoms with Crippen LogP contribution in [-0.2, 0) is 16.1 Å². The fraction of sp³-hybridized carbons (Fsp3) is 0.227. The second-order valence-electron chi connectivity index (χ2n) is 6.48. The number of amides is 1. The minimum atomic E-state index is -0.812. The third-order valence-electron chi connectivity index (χ3n) is 4.59. The molecule has 0 spiro atoms. The van der Waals surface area contributed by atoms with Crippen molar-refractivity contribution in [2.45, 2.75) is 13.5 Å². The first kappa shape index (κ1) is 20.8. The summed E-state index contributed by atoms with van der Waals surface area (Å²) in [5, 5.41) is 0. The summed E-state index contributed by atoms with van der Waals surface area (Å²) < 4.78 is 15.7. The van der Waals surface area contributed by atoms with Gasteiger partial charge in [-0.1, -0.05) is 24.8 Å². The maximum Gasteiger partial charge on any atom is 0.422 e. The van der Waals surface area contributed by atoms with Gasteiger partial charge < -0.3 is 24.6 Å². The molecule has 2 aromatic carbocycles. The lowest BCUT2D eigenvalue weighted by atomic mass is 10.0. The van der Waals surface area contributed by atoms with E-state index in [-0.39, 0.29) is 42.7 Å². The van der Waals surface area contributed by atoms with Crippen molar-refractivity contribution in [1.29, 1.82) is 0 Å². The molecule has 0 aromatic heterocycles. The van der Waals surface area contributed by atoms with Crippen LogP contribution < -0.4 is 9.47 Å². The largest absolute Gasteiger partial charge is 0.457 e. The molecular formula is C22H21N3O5. The molecular weight excluding hydrogens is 386 g/mol. The fourth-order valence-corrected chi connectivity index (χ4v) is 3.14. The van der Waals surface area contributed by atoms with Crippen molar-refractivity contribution in [3.8, 4) is 11.5 Å². The van der Waals surface area contributed by atoms with Crippen LogP contribution in [-0.4, -0.2) is 47.7 Å². The molecule has 0 aliphatic carbocycles. The lowest BCUT2D eigenvalue weighted by Gasteiger charge is -2.20. The molecule has 0 atom stereocenters. The lowest BCUT2D eigenvalue weighted by Crippen LogP contribution is -2.30. The van der Waals surface area contributed by atoms with Crippen molar-refractivity contribution < 1.29 is 28.6 Å². The van der Waals surface area contributed by atoms with Gasteiger partial charge in [-0.2, -0.15) is 4.79 Å². The number of hydrogen-bond donors (Lipinski definition) is 0. The third-order valence-corrected chi connectivity index (χ3v) is 4.59. The number of rotatable bonds is 7. The standard InChI is InChI=1S/C22H21N3O5/c1-4-14-10-18-19(30-13-29-18)11-15(14)12-25(3)21(26)17-9-7-6-8-16(17)20(24-23)22(27)28-5-2/h4,6-11H,1,5,12-13H2,2-3H3. The van der Waals surface area contributed by atoms with Crippen molar-refractivity contribution in [2.24, 2.45) is 0 Å². The van der Waals surface area contributed by atoms with E-state index < -0.39 is 5.97 Å². The Morgan fingerprint density at radius 3 is 2.53 bits per heavy atom. The molecule has 2 aromatic rings. The van der Waals surface area contributed by atoms with Crippen LogP contribution >= 0.6 is 0 Å². The molecule has 154 valence electrons. The number of carbonyl (C=O) groups is 2. The smallest absolute Gasteiger partial charge is 0.422 e. The zero-order valence-corrected chi connectivity index (χ0v) is 16.8. The average molecular weight is 407 g/mol. The summed E-state index contributed by atoms with van der Waals surface area (Å²) in [6.07, 6.45) is 1.68. The maximum absolute atomic E-state index is 13.2. The molecule has 0 saturated heterocycles. The second-order valence-corrected chi connectivity index (χ2v) is 6.48. The molecule has 30 heavy (non-hydrogen) atoms. The van der Waals surface area contributed by atoms with E-state index in [0.29, 0.717) is 11.5 Å². The number of esters is 1. The van der Waals surface area contributed by atoms with E-state index in [9.17, 15) is 15.1 Å². The van der Waals surface area contributed by atoms with E-state index >= 15 is 0 Å². The normalized spacial score (nSPS) is 11.4. The van der Waals surface area contributed by atoms with E-state index in [4.69, 9.17) is 14.2 Å². The quantitative estimate of drug-likeness (QED) is 0.304. The Morgan fingerprint density at radius 1 is 1.23 bits per heavy atom. The molecule has 1 heterocycles. The molecule has 8 nitrogen and oxygen atoms in total. The Bertz CT molecular complexity index is 1060. The van der Waals surface area contributed by atoms with Crippen molar-refractivity contribution in [1.82, 2.24) is 4.90 Å². The molecule has 1 amide bonds. The monoisotopic (exact) mass is 407 g/mol. The highest BCUT2D eigenvalue weighted by Crippen LogP contribution is 2.35. The van der Waals surface area contributed by atoms with Crippen LogP contribution in [0.15, 0.2) is 43.0 Å². The van der Waals surface area contributed by atoms with E-state index in [1.54, 1.807) is 38.2 Å². The Labute approximate surface area is 173 Å². The summed E-state index contributed by atoms with van der Waals surface area (Å²) in [5.41, 5.74) is 11.0. The summed E-state index contributed by atoms with van der Waals surface area (Å²) in [6, 6.07) is 10.0. The van der Waals surface area contributed by atoms with Crippen LogP contribution in [0.5, 0.6) is 11.5 Å². The minimum Gasteiger partial charge on any atom is -0.457 e. The van der Waals surface area contributed by atoms with Crippen LogP contribution in [0.1, 0.15) is 34.0 Å².